The van der Waals surface area contributed by atoms with E-state index in [1.165, 1.54) is 6.92 Å². The van der Waals surface area contributed by atoms with E-state index >= 15 is 0 Å². The summed E-state index contributed by atoms with van der Waals surface area (Å²) in [7, 11) is 1.60. The van der Waals surface area contributed by atoms with Crippen molar-refractivity contribution in [1.82, 2.24) is 10.6 Å². The molecule has 7 heteroatoms. The van der Waals surface area contributed by atoms with Gasteiger partial charge in [-0.25, -0.2) is 4.79 Å². The number of methoxy groups -OCH3 is 1. The largest absolute Gasteiger partial charge is 0.497 e. The van der Waals surface area contributed by atoms with Crippen molar-refractivity contribution < 1.29 is 23.9 Å². The zero-order valence-electron chi connectivity index (χ0n) is 15.9. The van der Waals surface area contributed by atoms with Crippen LogP contribution in [0, 0.1) is 0 Å². The van der Waals surface area contributed by atoms with E-state index in [0.29, 0.717) is 18.5 Å². The maximum absolute atomic E-state index is 12.0. The Morgan fingerprint density at radius 1 is 1.00 bits per heavy atom. The summed E-state index contributed by atoms with van der Waals surface area (Å²) >= 11 is 0. The fourth-order valence-corrected chi connectivity index (χ4v) is 2.38. The van der Waals surface area contributed by atoms with Crippen LogP contribution < -0.4 is 15.4 Å². The van der Waals surface area contributed by atoms with E-state index in [4.69, 9.17) is 9.47 Å². The molecule has 0 radical (unpaired) electrons. The molecule has 2 rings (SSSR count). The summed E-state index contributed by atoms with van der Waals surface area (Å²) < 4.78 is 10.0. The van der Waals surface area contributed by atoms with Gasteiger partial charge in [0.25, 0.3) is 11.8 Å². The predicted octanol–water partition coefficient (Wildman–Crippen LogP) is 1.72. The van der Waals surface area contributed by atoms with Crippen LogP contribution in [0.3, 0.4) is 0 Å². The molecule has 0 saturated carbocycles. The second-order valence-corrected chi connectivity index (χ2v) is 6.12. The predicted molar refractivity (Wildman–Crippen MR) is 104 cm³/mol. The van der Waals surface area contributed by atoms with Crippen molar-refractivity contribution in [3.05, 3.63) is 65.7 Å². The second kappa shape index (κ2) is 10.7. The van der Waals surface area contributed by atoms with E-state index in [9.17, 15) is 14.4 Å². The number of esters is 1. The van der Waals surface area contributed by atoms with E-state index in [2.05, 4.69) is 10.6 Å². The Kier molecular flexibility index (Phi) is 8.02. The van der Waals surface area contributed by atoms with Crippen LogP contribution in [0.4, 0.5) is 0 Å². The first kappa shape index (κ1) is 21.0. The molecule has 148 valence electrons. The summed E-state index contributed by atoms with van der Waals surface area (Å²) in [5.41, 5.74) is 1.49. The Labute approximate surface area is 164 Å². The molecule has 2 aromatic rings. The highest BCUT2D eigenvalue weighted by Crippen LogP contribution is 2.11. The van der Waals surface area contributed by atoms with Crippen LogP contribution in [-0.2, 0) is 20.7 Å². The summed E-state index contributed by atoms with van der Waals surface area (Å²) in [5, 5.41) is 5.22. The molecular formula is C21H24N2O5. The fourth-order valence-electron chi connectivity index (χ4n) is 2.38. The number of hydrogen-bond donors (Lipinski definition) is 2. The fraction of sp³-hybridized carbons (Fsp3) is 0.286. The zero-order chi connectivity index (χ0) is 20.4. The van der Waals surface area contributed by atoms with Crippen LogP contribution in [0.2, 0.25) is 0 Å². The molecule has 2 N–H and O–H groups in total. The smallest absolute Gasteiger partial charge is 0.328 e. The third kappa shape index (κ3) is 6.75. The van der Waals surface area contributed by atoms with Gasteiger partial charge in [-0.1, -0.05) is 30.3 Å². The van der Waals surface area contributed by atoms with Gasteiger partial charge in [-0.15, -0.1) is 0 Å². The molecule has 0 aliphatic carbocycles. The third-order valence-electron chi connectivity index (χ3n) is 3.98. The van der Waals surface area contributed by atoms with Gasteiger partial charge < -0.3 is 20.1 Å². The van der Waals surface area contributed by atoms with Gasteiger partial charge in [0, 0.05) is 12.1 Å². The Bertz CT molecular complexity index is 790. The molecule has 0 fully saturated rings. The number of ether oxygens (including phenoxy) is 2. The maximum atomic E-state index is 12.0. The van der Waals surface area contributed by atoms with E-state index in [1.54, 1.807) is 37.4 Å². The molecule has 28 heavy (non-hydrogen) atoms. The zero-order valence-corrected chi connectivity index (χ0v) is 15.9. The Hall–Kier alpha value is -3.35. The minimum Gasteiger partial charge on any atom is -0.497 e. The Balaban J connectivity index is 1.66. The van der Waals surface area contributed by atoms with Crippen LogP contribution in [-0.4, -0.2) is 44.1 Å². The van der Waals surface area contributed by atoms with Gasteiger partial charge in [0.1, 0.15) is 11.8 Å². The van der Waals surface area contributed by atoms with Crippen molar-refractivity contribution in [2.75, 3.05) is 20.3 Å². The summed E-state index contributed by atoms with van der Waals surface area (Å²) in [6.07, 6.45) is 0.646. The number of nitrogens with one attached hydrogen (secondary N) is 2. The van der Waals surface area contributed by atoms with Gasteiger partial charge in [0.05, 0.1) is 7.11 Å². The standard InChI is InChI=1S/C21H24N2O5/c1-15(23-20(25)17-6-4-3-5-7-17)21(26)28-14-19(24)22-13-12-16-8-10-18(27-2)11-9-16/h3-11,15H,12-14H2,1-2H3,(H,22,24)(H,23,25)/t15-/m0/s1. The first-order chi connectivity index (χ1) is 13.5. The van der Waals surface area contributed by atoms with E-state index in [0.717, 1.165) is 11.3 Å². The van der Waals surface area contributed by atoms with Gasteiger partial charge in [-0.05, 0) is 43.2 Å². The number of benzene rings is 2. The molecule has 0 aliphatic rings. The lowest BCUT2D eigenvalue weighted by Gasteiger charge is -2.13. The first-order valence-corrected chi connectivity index (χ1v) is 8.91. The van der Waals surface area contributed by atoms with Crippen molar-refractivity contribution in [2.45, 2.75) is 19.4 Å². The summed E-state index contributed by atoms with van der Waals surface area (Å²) in [6.45, 7) is 1.53. The maximum Gasteiger partial charge on any atom is 0.328 e. The molecular weight excluding hydrogens is 360 g/mol. The van der Waals surface area contributed by atoms with Gasteiger partial charge in [-0.3, -0.25) is 9.59 Å². The molecule has 1 atom stereocenters. The van der Waals surface area contributed by atoms with Crippen LogP contribution in [0.5, 0.6) is 5.75 Å². The third-order valence-corrected chi connectivity index (χ3v) is 3.98. The monoisotopic (exact) mass is 384 g/mol. The van der Waals surface area contributed by atoms with Crippen molar-refractivity contribution in [3.8, 4) is 5.75 Å². The Morgan fingerprint density at radius 3 is 2.32 bits per heavy atom. The lowest BCUT2D eigenvalue weighted by molar-refractivity contribution is -0.150. The SMILES string of the molecule is COc1ccc(CCNC(=O)COC(=O)[C@H](C)NC(=O)c2ccccc2)cc1. The molecule has 0 bridgehead atoms. The van der Waals surface area contributed by atoms with Crippen LogP contribution in [0.25, 0.3) is 0 Å². The highest BCUT2D eigenvalue weighted by molar-refractivity contribution is 5.96. The second-order valence-electron chi connectivity index (χ2n) is 6.12. The minimum atomic E-state index is -0.861. The topological polar surface area (TPSA) is 93.7 Å². The molecule has 0 saturated heterocycles. The van der Waals surface area contributed by atoms with Crippen molar-refractivity contribution >= 4 is 17.8 Å². The highest BCUT2D eigenvalue weighted by atomic mass is 16.5. The van der Waals surface area contributed by atoms with E-state index < -0.39 is 24.5 Å². The lowest BCUT2D eigenvalue weighted by Crippen LogP contribution is -2.41. The molecule has 2 aromatic carbocycles. The molecule has 7 nitrogen and oxygen atoms in total. The molecule has 0 unspecified atom stereocenters. The van der Waals surface area contributed by atoms with Crippen molar-refractivity contribution in [1.29, 1.82) is 0 Å². The molecule has 0 spiro atoms. The molecule has 2 amide bonds. The average molecular weight is 384 g/mol. The number of hydrogen-bond acceptors (Lipinski definition) is 5. The number of carbonyl (C=O) groups excluding carboxylic acids is 3. The van der Waals surface area contributed by atoms with Gasteiger partial charge in [0.15, 0.2) is 6.61 Å². The van der Waals surface area contributed by atoms with E-state index in [-0.39, 0.29) is 5.91 Å². The van der Waals surface area contributed by atoms with Crippen LogP contribution in [0.15, 0.2) is 54.6 Å². The summed E-state index contributed by atoms with van der Waals surface area (Å²) in [4.78, 5) is 35.8. The Morgan fingerprint density at radius 2 is 1.68 bits per heavy atom. The normalized spacial score (nSPS) is 11.2. The number of rotatable bonds is 9. The number of carbonyl (C=O) groups is 3. The summed E-state index contributed by atoms with van der Waals surface area (Å²) in [6, 6.07) is 15.2. The molecule has 0 heterocycles. The summed E-state index contributed by atoms with van der Waals surface area (Å²) in [5.74, 6) is -0.680. The van der Waals surface area contributed by atoms with Crippen LogP contribution >= 0.6 is 0 Å². The van der Waals surface area contributed by atoms with Crippen molar-refractivity contribution in [2.24, 2.45) is 0 Å². The average Bonchev–Trinajstić information content (AvgIpc) is 2.73. The van der Waals surface area contributed by atoms with Crippen molar-refractivity contribution in [3.63, 3.8) is 0 Å². The minimum absolute atomic E-state index is 0.381. The highest BCUT2D eigenvalue weighted by Gasteiger charge is 2.18. The molecule has 0 aromatic heterocycles. The van der Waals surface area contributed by atoms with Gasteiger partial charge in [-0.2, -0.15) is 0 Å². The number of amides is 2. The van der Waals surface area contributed by atoms with Crippen LogP contribution in [0.1, 0.15) is 22.8 Å². The molecule has 0 aliphatic heterocycles. The lowest BCUT2D eigenvalue weighted by atomic mass is 10.1. The quantitative estimate of drug-likeness (QED) is 0.642. The first-order valence-electron chi connectivity index (χ1n) is 8.91. The van der Waals surface area contributed by atoms with Gasteiger partial charge >= 0.3 is 5.97 Å². The van der Waals surface area contributed by atoms with Gasteiger partial charge in [0.2, 0.25) is 0 Å². The van der Waals surface area contributed by atoms with E-state index in [1.807, 2.05) is 24.3 Å².